The van der Waals surface area contributed by atoms with E-state index in [0.717, 1.165) is 10.9 Å². The highest BCUT2D eigenvalue weighted by Crippen LogP contribution is 2.32. The fourth-order valence-corrected chi connectivity index (χ4v) is 2.71. The first-order valence-corrected chi connectivity index (χ1v) is 7.86. The predicted molar refractivity (Wildman–Crippen MR) is 102 cm³/mol. The quantitative estimate of drug-likeness (QED) is 0.565. The molecule has 0 saturated carbocycles. The Morgan fingerprint density at radius 1 is 1.28 bits per heavy atom. The smallest absolute Gasteiger partial charge is 0.247 e. The number of fused-ring (bicyclic) bond motifs is 1. The molecule has 6 nitrogen and oxygen atoms in total. The van der Waals surface area contributed by atoms with Crippen molar-refractivity contribution in [3.63, 3.8) is 0 Å². The molecule has 0 aliphatic heterocycles. The number of aliphatic imine (C=N–C) groups is 2. The van der Waals surface area contributed by atoms with E-state index < -0.39 is 0 Å². The first-order chi connectivity index (χ1) is 12.0. The molecule has 2 N–H and O–H groups in total. The number of rotatable bonds is 4. The summed E-state index contributed by atoms with van der Waals surface area (Å²) in [5.41, 5.74) is 8.07. The summed E-state index contributed by atoms with van der Waals surface area (Å²) >= 11 is 6.38. The Labute approximate surface area is 149 Å². The summed E-state index contributed by atoms with van der Waals surface area (Å²) in [5, 5.41) is 1.38. The molecule has 126 valence electrons. The van der Waals surface area contributed by atoms with Crippen LogP contribution in [0.2, 0.25) is 5.02 Å². The Balaban J connectivity index is 2.30. The predicted octanol–water partition coefficient (Wildman–Crippen LogP) is 4.09. The van der Waals surface area contributed by atoms with Crippen LogP contribution < -0.4 is 5.73 Å². The van der Waals surface area contributed by atoms with E-state index in [0.29, 0.717) is 39.4 Å². The second kappa shape index (κ2) is 6.86. The second-order valence-electron chi connectivity index (χ2n) is 5.42. The van der Waals surface area contributed by atoms with Gasteiger partial charge < -0.3 is 10.2 Å². The van der Waals surface area contributed by atoms with Crippen molar-refractivity contribution in [3.8, 4) is 0 Å². The fraction of sp³-hybridized carbons (Fsp3) is 0.111. The van der Waals surface area contributed by atoms with Gasteiger partial charge in [0.2, 0.25) is 5.89 Å². The highest BCUT2D eigenvalue weighted by atomic mass is 35.5. The van der Waals surface area contributed by atoms with Gasteiger partial charge in [-0.1, -0.05) is 17.7 Å². The maximum Gasteiger partial charge on any atom is 0.247 e. The molecule has 0 aliphatic rings. The summed E-state index contributed by atoms with van der Waals surface area (Å²) in [6, 6.07) is 7.44. The summed E-state index contributed by atoms with van der Waals surface area (Å²) < 4.78 is 5.60. The molecule has 0 radical (unpaired) electrons. The Kier molecular flexibility index (Phi) is 4.63. The van der Waals surface area contributed by atoms with Crippen molar-refractivity contribution in [1.82, 2.24) is 9.97 Å². The van der Waals surface area contributed by atoms with E-state index >= 15 is 0 Å². The molecule has 0 spiro atoms. The van der Waals surface area contributed by atoms with Crippen LogP contribution in [0.5, 0.6) is 0 Å². The van der Waals surface area contributed by atoms with Crippen molar-refractivity contribution in [2.45, 2.75) is 13.8 Å². The SMILES string of the molecule is C=N/C(=C(\N=C(/C)N)c1ncc(C)o1)c1cc(Cl)c2ncccc2c1. The number of nitrogens with two attached hydrogens (primary N) is 1. The number of aromatic nitrogens is 2. The van der Waals surface area contributed by atoms with Gasteiger partial charge in [0.15, 0.2) is 5.70 Å². The lowest BCUT2D eigenvalue weighted by Crippen LogP contribution is -2.06. The van der Waals surface area contributed by atoms with Crippen molar-refractivity contribution in [1.29, 1.82) is 0 Å². The zero-order valence-electron chi connectivity index (χ0n) is 13.8. The molecule has 0 aliphatic carbocycles. The molecule has 0 amide bonds. The van der Waals surface area contributed by atoms with Crippen LogP contribution in [0.25, 0.3) is 22.3 Å². The van der Waals surface area contributed by atoms with Gasteiger partial charge >= 0.3 is 0 Å². The highest BCUT2D eigenvalue weighted by molar-refractivity contribution is 6.35. The topological polar surface area (TPSA) is 89.7 Å². The molecule has 25 heavy (non-hydrogen) atoms. The van der Waals surface area contributed by atoms with Crippen LogP contribution >= 0.6 is 11.6 Å². The average Bonchev–Trinajstić information content (AvgIpc) is 3.01. The molecule has 3 rings (SSSR count). The van der Waals surface area contributed by atoms with Gasteiger partial charge in [0, 0.05) is 17.1 Å². The normalized spacial score (nSPS) is 13.0. The lowest BCUT2D eigenvalue weighted by atomic mass is 10.1. The first-order valence-electron chi connectivity index (χ1n) is 7.49. The minimum absolute atomic E-state index is 0.312. The maximum absolute atomic E-state index is 6.38. The average molecular weight is 354 g/mol. The minimum Gasteiger partial charge on any atom is -0.440 e. The molecule has 2 heterocycles. The molecule has 1 aromatic carbocycles. The van der Waals surface area contributed by atoms with Crippen LogP contribution in [0.1, 0.15) is 24.1 Å². The van der Waals surface area contributed by atoms with Gasteiger partial charge in [0.05, 0.1) is 22.6 Å². The number of hydrogen-bond acceptors (Lipinski definition) is 5. The summed E-state index contributed by atoms with van der Waals surface area (Å²) in [4.78, 5) is 17.0. The van der Waals surface area contributed by atoms with Gasteiger partial charge in [-0.05, 0) is 38.8 Å². The molecular weight excluding hydrogens is 338 g/mol. The summed E-state index contributed by atoms with van der Waals surface area (Å²) in [5.74, 6) is 1.31. The molecule has 0 fully saturated rings. The van der Waals surface area contributed by atoms with Gasteiger partial charge in [-0.25, -0.2) is 9.98 Å². The van der Waals surface area contributed by atoms with Crippen molar-refractivity contribution < 1.29 is 4.42 Å². The van der Waals surface area contributed by atoms with E-state index in [1.807, 2.05) is 18.2 Å². The highest BCUT2D eigenvalue weighted by Gasteiger charge is 2.17. The molecule has 0 atom stereocenters. The third-order valence-corrected chi connectivity index (χ3v) is 3.71. The number of halogens is 1. The molecule has 2 aromatic heterocycles. The van der Waals surface area contributed by atoms with Crippen molar-refractivity contribution in [3.05, 3.63) is 58.9 Å². The van der Waals surface area contributed by atoms with Gasteiger partial charge in [-0.3, -0.25) is 9.98 Å². The van der Waals surface area contributed by atoms with Gasteiger partial charge in [-0.2, -0.15) is 0 Å². The summed E-state index contributed by atoms with van der Waals surface area (Å²) in [6.07, 6.45) is 3.30. The van der Waals surface area contributed by atoms with Crippen LogP contribution in [0.4, 0.5) is 0 Å². The van der Waals surface area contributed by atoms with Crippen LogP contribution in [-0.4, -0.2) is 22.5 Å². The molecule has 7 heteroatoms. The zero-order valence-corrected chi connectivity index (χ0v) is 14.6. The number of hydrogen-bond donors (Lipinski definition) is 1. The minimum atomic E-state index is 0.312. The largest absolute Gasteiger partial charge is 0.440 e. The Morgan fingerprint density at radius 2 is 2.08 bits per heavy atom. The molecule has 0 bridgehead atoms. The van der Waals surface area contributed by atoms with Crippen LogP contribution in [0.3, 0.4) is 0 Å². The number of pyridine rings is 1. The summed E-state index contributed by atoms with van der Waals surface area (Å²) in [7, 11) is 0. The number of benzene rings is 1. The van der Waals surface area contributed by atoms with E-state index in [9.17, 15) is 0 Å². The number of aryl methyl sites for hydroxylation is 1. The van der Waals surface area contributed by atoms with Crippen molar-refractivity contribution in [2.75, 3.05) is 0 Å². The first kappa shape index (κ1) is 16.9. The van der Waals surface area contributed by atoms with Crippen LogP contribution in [0, 0.1) is 6.92 Å². The van der Waals surface area contributed by atoms with E-state index in [4.69, 9.17) is 21.8 Å². The lowest BCUT2D eigenvalue weighted by molar-refractivity contribution is 0.512. The van der Waals surface area contributed by atoms with Gasteiger partial charge in [-0.15, -0.1) is 0 Å². The Hall–Kier alpha value is -2.99. The van der Waals surface area contributed by atoms with Crippen molar-refractivity contribution >= 4 is 46.5 Å². The van der Waals surface area contributed by atoms with Gasteiger partial charge in [0.25, 0.3) is 0 Å². The Bertz CT molecular complexity index is 1020. The van der Waals surface area contributed by atoms with E-state index in [2.05, 4.69) is 26.7 Å². The number of nitrogens with zero attached hydrogens (tertiary/aromatic N) is 4. The third-order valence-electron chi connectivity index (χ3n) is 3.43. The van der Waals surface area contributed by atoms with Gasteiger partial charge in [0.1, 0.15) is 11.5 Å². The van der Waals surface area contributed by atoms with E-state index in [1.165, 1.54) is 0 Å². The maximum atomic E-state index is 6.38. The summed E-state index contributed by atoms with van der Waals surface area (Å²) in [6.45, 7) is 7.13. The van der Waals surface area contributed by atoms with E-state index in [-0.39, 0.29) is 0 Å². The van der Waals surface area contributed by atoms with E-state index in [1.54, 1.807) is 32.3 Å². The Morgan fingerprint density at radius 3 is 2.72 bits per heavy atom. The molecule has 0 saturated heterocycles. The van der Waals surface area contributed by atoms with Crippen LogP contribution in [0.15, 0.2) is 51.1 Å². The third kappa shape index (κ3) is 3.44. The second-order valence-corrected chi connectivity index (χ2v) is 5.82. The molecular formula is C18H16ClN5O. The number of amidine groups is 1. The van der Waals surface area contributed by atoms with Crippen molar-refractivity contribution in [2.24, 2.45) is 15.7 Å². The standard InChI is InChI=1S/C18H16ClN5O/c1-10-9-23-18(25-10)17(24-11(2)20)16(21-3)13-7-12-5-4-6-22-15(12)14(19)8-13/h4-9H,3H2,1-2H3,(H2,20,24)/b17-16-. The molecule has 3 aromatic rings. The van der Waals surface area contributed by atoms with Crippen LogP contribution in [-0.2, 0) is 0 Å². The fourth-order valence-electron chi connectivity index (χ4n) is 2.43. The lowest BCUT2D eigenvalue weighted by Gasteiger charge is -2.09. The number of oxazole rings is 1. The zero-order chi connectivity index (χ0) is 18.0. The monoisotopic (exact) mass is 353 g/mol. The molecule has 0 unspecified atom stereocenters.